The van der Waals surface area contributed by atoms with Gasteiger partial charge in [0.2, 0.25) is 5.91 Å². The van der Waals surface area contributed by atoms with Gasteiger partial charge in [-0.1, -0.05) is 0 Å². The molecule has 7 nitrogen and oxygen atoms in total. The highest BCUT2D eigenvalue weighted by atomic mass is 32.2. The van der Waals surface area contributed by atoms with Crippen molar-refractivity contribution >= 4 is 44.7 Å². The number of nitrogens with one attached hydrogen (secondary N) is 2. The first-order chi connectivity index (χ1) is 14.3. The van der Waals surface area contributed by atoms with Crippen LogP contribution < -0.4 is 15.4 Å². The molecule has 0 bridgehead atoms. The molecule has 0 saturated carbocycles. The van der Waals surface area contributed by atoms with E-state index in [4.69, 9.17) is 4.74 Å². The van der Waals surface area contributed by atoms with Crippen LogP contribution in [0, 0.1) is 12.7 Å². The summed E-state index contributed by atoms with van der Waals surface area (Å²) in [6, 6.07) is 8.17. The number of fused-ring (bicyclic) bond motifs is 1. The molecule has 0 unspecified atom stereocenters. The van der Waals surface area contributed by atoms with E-state index in [1.165, 1.54) is 25.4 Å². The monoisotopic (exact) mass is 429 g/mol. The highest BCUT2D eigenvalue weighted by molar-refractivity contribution is 7.85. The summed E-state index contributed by atoms with van der Waals surface area (Å²) in [5.41, 5.74) is 3.19. The van der Waals surface area contributed by atoms with Gasteiger partial charge in [0.25, 0.3) is 0 Å². The molecule has 1 amide bonds. The molecule has 1 aromatic heterocycles. The van der Waals surface area contributed by atoms with Crippen LogP contribution in [0.25, 0.3) is 10.9 Å². The van der Waals surface area contributed by atoms with Gasteiger partial charge in [-0.3, -0.25) is 4.79 Å². The Hall–Kier alpha value is -3.07. The van der Waals surface area contributed by atoms with Crippen molar-refractivity contribution in [1.29, 1.82) is 0 Å². The summed E-state index contributed by atoms with van der Waals surface area (Å²) in [4.78, 5) is 19.8. The molecule has 158 valence electrons. The van der Waals surface area contributed by atoms with Crippen LogP contribution in [0.3, 0.4) is 0 Å². The average Bonchev–Trinajstić information content (AvgIpc) is 2.66. The van der Waals surface area contributed by atoms with Gasteiger partial charge in [0.1, 0.15) is 30.3 Å². The van der Waals surface area contributed by atoms with E-state index in [-0.39, 0.29) is 23.2 Å². The predicted molar refractivity (Wildman–Crippen MR) is 119 cm³/mol. The first-order valence-electron chi connectivity index (χ1n) is 9.32. The fraction of sp³-hybridized carbons (Fsp3) is 0.286. The van der Waals surface area contributed by atoms with E-state index in [0.29, 0.717) is 23.8 Å². The van der Waals surface area contributed by atoms with Crippen LogP contribution in [0.4, 0.5) is 21.6 Å². The molecular weight excluding hydrogens is 405 g/mol. The summed E-state index contributed by atoms with van der Waals surface area (Å²) in [5.74, 6) is 0.356. The third-order valence-electron chi connectivity index (χ3n) is 4.14. The maximum Gasteiger partial charge on any atom is 0.216 e. The Labute approximate surface area is 177 Å². The van der Waals surface area contributed by atoms with Gasteiger partial charge in [-0.15, -0.1) is 10.7 Å². The Morgan fingerprint density at radius 1 is 1.23 bits per heavy atom. The molecule has 0 aliphatic heterocycles. The number of rotatable bonds is 7. The molecule has 3 aromatic rings. The fourth-order valence-corrected chi connectivity index (χ4v) is 3.49. The van der Waals surface area contributed by atoms with E-state index in [0.717, 1.165) is 22.2 Å². The van der Waals surface area contributed by atoms with Crippen LogP contribution in [0.2, 0.25) is 0 Å². The van der Waals surface area contributed by atoms with E-state index in [1.54, 1.807) is 6.07 Å². The number of anilines is 2. The Bertz CT molecular complexity index is 1120. The number of carbonyl (C=O) groups is 1. The topological polar surface area (TPSA) is 88.5 Å². The summed E-state index contributed by atoms with van der Waals surface area (Å²) in [7, 11) is -0.0795. The second kappa shape index (κ2) is 9.62. The highest BCUT2D eigenvalue weighted by Crippen LogP contribution is 2.33. The maximum atomic E-state index is 13.8. The minimum absolute atomic E-state index is 0.0795. The van der Waals surface area contributed by atoms with Crippen molar-refractivity contribution in [3.05, 3.63) is 48.0 Å². The number of benzene rings is 2. The average molecular weight is 430 g/mol. The van der Waals surface area contributed by atoms with Crippen LogP contribution in [0.5, 0.6) is 5.75 Å². The van der Waals surface area contributed by atoms with Crippen LogP contribution in [-0.4, -0.2) is 41.5 Å². The van der Waals surface area contributed by atoms with Crippen molar-refractivity contribution in [3.8, 4) is 5.75 Å². The van der Waals surface area contributed by atoms with Crippen molar-refractivity contribution in [2.75, 3.05) is 31.0 Å². The molecule has 0 aliphatic carbocycles. The fourth-order valence-electron chi connectivity index (χ4n) is 2.97. The zero-order valence-corrected chi connectivity index (χ0v) is 18.1. The Morgan fingerprint density at radius 3 is 2.77 bits per heavy atom. The van der Waals surface area contributed by atoms with Gasteiger partial charge in [0, 0.05) is 18.4 Å². The highest BCUT2D eigenvalue weighted by Gasteiger charge is 2.12. The van der Waals surface area contributed by atoms with Crippen molar-refractivity contribution in [1.82, 2.24) is 15.3 Å². The number of amides is 1. The second-order valence-electron chi connectivity index (χ2n) is 6.84. The maximum absolute atomic E-state index is 13.8. The summed E-state index contributed by atoms with van der Waals surface area (Å²) in [6.07, 6.45) is 5.58. The Balaban J connectivity index is 1.92. The van der Waals surface area contributed by atoms with Gasteiger partial charge >= 0.3 is 0 Å². The van der Waals surface area contributed by atoms with E-state index in [9.17, 15) is 9.18 Å². The lowest BCUT2D eigenvalue weighted by Gasteiger charge is -2.15. The molecule has 0 saturated heterocycles. The number of hydrogen-bond donors (Lipinski definition) is 2. The van der Waals surface area contributed by atoms with Crippen LogP contribution in [-0.2, 0) is 15.5 Å². The quantitative estimate of drug-likeness (QED) is 0.554. The standard InChI is InChI=1S/C21H24FN5O2S/c1-13-9-16(27-30(3)4)11-18-20(13)21(25-12-24-18)26-17-6-5-15(22)10-19(17)29-8-7-23-14(2)28/h5-6,9-12H,7-8H2,1-4H3,(H,23,28)(H,24,25,26). The van der Waals surface area contributed by atoms with E-state index in [1.807, 2.05) is 19.1 Å². The van der Waals surface area contributed by atoms with Crippen molar-refractivity contribution in [2.24, 2.45) is 4.36 Å². The number of carbonyl (C=O) groups excluding carboxylic acids is 1. The summed E-state index contributed by atoms with van der Waals surface area (Å²) >= 11 is 0. The van der Waals surface area contributed by atoms with Gasteiger partial charge in [-0.25, -0.2) is 18.7 Å². The SMILES string of the molecule is CC(=O)NCCOc1cc(F)ccc1Nc1ncnc2cc(N=S(C)C)cc(C)c12. The lowest BCUT2D eigenvalue weighted by atomic mass is 10.1. The molecule has 0 atom stereocenters. The van der Waals surface area contributed by atoms with Crippen molar-refractivity contribution < 1.29 is 13.9 Å². The molecule has 3 rings (SSSR count). The molecule has 0 aliphatic rings. The Kier molecular flexibility index (Phi) is 6.94. The van der Waals surface area contributed by atoms with Gasteiger partial charge in [0.15, 0.2) is 0 Å². The minimum Gasteiger partial charge on any atom is -0.489 e. The van der Waals surface area contributed by atoms with E-state index < -0.39 is 5.82 Å². The predicted octanol–water partition coefficient (Wildman–Crippen LogP) is 4.03. The molecule has 0 radical (unpaired) electrons. The number of nitrogens with zero attached hydrogens (tertiary/aromatic N) is 3. The Morgan fingerprint density at radius 2 is 2.03 bits per heavy atom. The summed E-state index contributed by atoms with van der Waals surface area (Å²) in [6.45, 7) is 3.94. The lowest BCUT2D eigenvalue weighted by Crippen LogP contribution is -2.25. The van der Waals surface area contributed by atoms with Gasteiger partial charge in [-0.2, -0.15) is 0 Å². The summed E-state index contributed by atoms with van der Waals surface area (Å²) < 4.78 is 24.1. The van der Waals surface area contributed by atoms with E-state index in [2.05, 4.69) is 37.5 Å². The van der Waals surface area contributed by atoms with Crippen molar-refractivity contribution in [2.45, 2.75) is 13.8 Å². The van der Waals surface area contributed by atoms with Gasteiger partial charge in [-0.05, 0) is 49.3 Å². The molecule has 2 N–H and O–H groups in total. The first kappa shape index (κ1) is 21.6. The van der Waals surface area contributed by atoms with Crippen LogP contribution >= 0.6 is 0 Å². The smallest absolute Gasteiger partial charge is 0.216 e. The van der Waals surface area contributed by atoms with E-state index >= 15 is 0 Å². The molecule has 0 spiro atoms. The largest absolute Gasteiger partial charge is 0.489 e. The lowest BCUT2D eigenvalue weighted by molar-refractivity contribution is -0.119. The van der Waals surface area contributed by atoms with Gasteiger partial charge < -0.3 is 15.4 Å². The molecular formula is C21H24FN5O2S. The number of halogens is 1. The molecule has 0 fully saturated rings. The zero-order valence-electron chi connectivity index (χ0n) is 17.3. The number of hydrogen-bond acceptors (Lipinski definition) is 6. The van der Waals surface area contributed by atoms with Crippen LogP contribution in [0.1, 0.15) is 12.5 Å². The van der Waals surface area contributed by atoms with Gasteiger partial charge in [0.05, 0.1) is 23.4 Å². The third kappa shape index (κ3) is 5.50. The van der Waals surface area contributed by atoms with Crippen LogP contribution in [0.15, 0.2) is 41.0 Å². The zero-order chi connectivity index (χ0) is 21.7. The minimum atomic E-state index is -0.417. The number of aryl methyl sites for hydroxylation is 1. The molecule has 2 aromatic carbocycles. The second-order valence-corrected chi connectivity index (χ2v) is 8.57. The number of aromatic nitrogens is 2. The van der Waals surface area contributed by atoms with Crippen molar-refractivity contribution in [3.63, 3.8) is 0 Å². The summed E-state index contributed by atoms with van der Waals surface area (Å²) in [5, 5.41) is 6.74. The molecule has 9 heteroatoms. The first-order valence-corrected chi connectivity index (χ1v) is 11.3. The normalized spacial score (nSPS) is 10.9. The number of ether oxygens (including phenoxy) is 1. The molecule has 30 heavy (non-hydrogen) atoms. The molecule has 1 heterocycles. The third-order valence-corrected chi connectivity index (χ3v) is 4.71.